The van der Waals surface area contributed by atoms with Crippen LogP contribution in [0.4, 0.5) is 0 Å². The monoisotopic (exact) mass is 416 g/mol. The zero-order valence-corrected chi connectivity index (χ0v) is 15.9. The summed E-state index contributed by atoms with van der Waals surface area (Å²) in [6.45, 7) is 4.29. The van der Waals surface area contributed by atoms with Crippen LogP contribution in [0.1, 0.15) is 20.3 Å². The lowest BCUT2D eigenvalue weighted by Gasteiger charge is -2.11. The molecule has 0 radical (unpaired) electrons. The predicted molar refractivity (Wildman–Crippen MR) is 107 cm³/mol. The normalized spacial score (nSPS) is 12.5. The fourth-order valence-corrected chi connectivity index (χ4v) is 3.16. The van der Waals surface area contributed by atoms with Gasteiger partial charge in [0.25, 0.3) is 0 Å². The van der Waals surface area contributed by atoms with E-state index in [0.29, 0.717) is 4.83 Å². The molecular formula is C20H18Br2. The molecule has 0 bridgehead atoms. The molecule has 0 nitrogen and oxygen atoms in total. The van der Waals surface area contributed by atoms with Crippen LogP contribution >= 0.6 is 31.9 Å². The molecule has 0 aliphatic rings. The predicted octanol–water partition coefficient (Wildman–Crippen LogP) is 7.53. The summed E-state index contributed by atoms with van der Waals surface area (Å²) in [7, 11) is 0. The van der Waals surface area contributed by atoms with E-state index in [4.69, 9.17) is 0 Å². The van der Waals surface area contributed by atoms with E-state index in [0.717, 1.165) is 0 Å². The molecule has 0 aromatic heterocycles. The molecule has 0 fully saturated rings. The summed E-state index contributed by atoms with van der Waals surface area (Å²) in [6.07, 6.45) is 1.22. The molecule has 0 N–H and O–H groups in total. The number of halogens is 2. The van der Waals surface area contributed by atoms with Crippen molar-refractivity contribution in [2.24, 2.45) is 0 Å². The molecule has 1 unspecified atom stereocenters. The van der Waals surface area contributed by atoms with Crippen LogP contribution in [0.3, 0.4) is 0 Å². The van der Waals surface area contributed by atoms with Gasteiger partial charge in [0.15, 0.2) is 0 Å². The Bertz CT molecular complexity index is 894. The Morgan fingerprint density at radius 1 is 0.818 bits per heavy atom. The van der Waals surface area contributed by atoms with Crippen molar-refractivity contribution in [3.63, 3.8) is 0 Å². The van der Waals surface area contributed by atoms with Crippen LogP contribution in [-0.2, 0) is 0 Å². The summed E-state index contributed by atoms with van der Waals surface area (Å²) in [5.74, 6) is 0. The number of rotatable bonds is 1. The Balaban J connectivity index is 0.000000254. The largest absolute Gasteiger partial charge is 0.0894 e. The van der Waals surface area contributed by atoms with Crippen molar-refractivity contribution in [1.82, 2.24) is 0 Å². The molecule has 0 amide bonds. The molecule has 0 aliphatic heterocycles. The van der Waals surface area contributed by atoms with Crippen LogP contribution in [0.15, 0.2) is 59.1 Å². The maximum atomic E-state index is 3.64. The van der Waals surface area contributed by atoms with E-state index in [9.17, 15) is 0 Å². The standard InChI is InChI=1S/C16H9Br.C4H9Br/c17-14-9-7-12-5-4-10-2-1-3-11-6-8-13(14)16(12)15(10)11;1-3-4(2)5/h1-9H;4H,3H2,1-2H3. The van der Waals surface area contributed by atoms with Crippen molar-refractivity contribution in [2.45, 2.75) is 25.1 Å². The molecule has 0 spiro atoms. The number of hydrogen-bond acceptors (Lipinski definition) is 0. The van der Waals surface area contributed by atoms with Gasteiger partial charge < -0.3 is 0 Å². The molecule has 0 aliphatic carbocycles. The van der Waals surface area contributed by atoms with Crippen LogP contribution in [0.5, 0.6) is 0 Å². The quantitative estimate of drug-likeness (QED) is 0.222. The van der Waals surface area contributed by atoms with Crippen LogP contribution < -0.4 is 0 Å². The van der Waals surface area contributed by atoms with Gasteiger partial charge in [-0.3, -0.25) is 0 Å². The first kappa shape index (κ1) is 15.8. The van der Waals surface area contributed by atoms with Crippen molar-refractivity contribution in [3.05, 3.63) is 59.1 Å². The van der Waals surface area contributed by atoms with Crippen molar-refractivity contribution < 1.29 is 0 Å². The summed E-state index contributed by atoms with van der Waals surface area (Å²) >= 11 is 7.01. The van der Waals surface area contributed by atoms with Crippen molar-refractivity contribution in [3.8, 4) is 0 Å². The Hall–Kier alpha value is -1.12. The van der Waals surface area contributed by atoms with Crippen molar-refractivity contribution in [2.75, 3.05) is 0 Å². The van der Waals surface area contributed by atoms with Gasteiger partial charge in [0.2, 0.25) is 0 Å². The van der Waals surface area contributed by atoms with Gasteiger partial charge >= 0.3 is 0 Å². The highest BCUT2D eigenvalue weighted by Crippen LogP contribution is 2.37. The summed E-state index contributed by atoms with van der Waals surface area (Å²) in [5, 5.41) is 8.00. The van der Waals surface area contributed by atoms with Gasteiger partial charge in [-0.1, -0.05) is 94.2 Å². The number of benzene rings is 4. The highest BCUT2D eigenvalue weighted by atomic mass is 79.9. The van der Waals surface area contributed by atoms with Gasteiger partial charge in [0, 0.05) is 9.30 Å². The summed E-state index contributed by atoms with van der Waals surface area (Å²) < 4.78 is 1.17. The average Bonchev–Trinajstić information content (AvgIpc) is 2.55. The molecule has 1 atom stereocenters. The molecule has 4 aromatic rings. The Morgan fingerprint density at radius 3 is 1.91 bits per heavy atom. The first-order chi connectivity index (χ1) is 10.6. The molecular weight excluding hydrogens is 400 g/mol. The van der Waals surface area contributed by atoms with Gasteiger partial charge in [0.05, 0.1) is 0 Å². The lowest BCUT2D eigenvalue weighted by atomic mass is 9.94. The highest BCUT2D eigenvalue weighted by Gasteiger charge is 2.08. The topological polar surface area (TPSA) is 0 Å². The van der Waals surface area contributed by atoms with Crippen LogP contribution in [0.2, 0.25) is 0 Å². The van der Waals surface area contributed by atoms with Crippen molar-refractivity contribution in [1.29, 1.82) is 0 Å². The minimum Gasteiger partial charge on any atom is -0.0894 e. The molecule has 4 aromatic carbocycles. The molecule has 22 heavy (non-hydrogen) atoms. The fourth-order valence-electron chi connectivity index (χ4n) is 2.70. The minimum atomic E-state index is 0.697. The second-order valence-electron chi connectivity index (χ2n) is 5.59. The third kappa shape index (κ3) is 2.87. The maximum absolute atomic E-state index is 3.64. The van der Waals surface area contributed by atoms with Crippen LogP contribution in [0.25, 0.3) is 32.3 Å². The fraction of sp³-hybridized carbons (Fsp3) is 0.200. The van der Waals surface area contributed by atoms with Gasteiger partial charge in [-0.2, -0.15) is 0 Å². The van der Waals surface area contributed by atoms with E-state index in [2.05, 4.69) is 100 Å². The lowest BCUT2D eigenvalue weighted by Crippen LogP contribution is -1.83. The van der Waals surface area contributed by atoms with Crippen LogP contribution in [-0.4, -0.2) is 4.83 Å². The summed E-state index contributed by atoms with van der Waals surface area (Å²) in [5.41, 5.74) is 0. The molecule has 2 heteroatoms. The van der Waals surface area contributed by atoms with Gasteiger partial charge in [-0.05, 0) is 44.8 Å². The third-order valence-corrected chi connectivity index (χ3v) is 5.38. The van der Waals surface area contributed by atoms with Gasteiger partial charge in [-0.25, -0.2) is 0 Å². The molecule has 0 saturated carbocycles. The second-order valence-corrected chi connectivity index (χ2v) is 8.01. The van der Waals surface area contributed by atoms with Crippen LogP contribution in [0, 0.1) is 0 Å². The average molecular weight is 418 g/mol. The second kappa shape index (κ2) is 6.55. The van der Waals surface area contributed by atoms with E-state index in [-0.39, 0.29) is 0 Å². The smallest absolute Gasteiger partial charge is 0.0254 e. The van der Waals surface area contributed by atoms with Gasteiger partial charge in [0.1, 0.15) is 0 Å². The molecule has 112 valence electrons. The third-order valence-electron chi connectivity index (χ3n) is 4.04. The Labute approximate surface area is 148 Å². The first-order valence-corrected chi connectivity index (χ1v) is 9.28. The van der Waals surface area contributed by atoms with Crippen molar-refractivity contribution >= 4 is 64.2 Å². The SMILES string of the molecule is Brc1ccc2ccc3cccc4ccc1c2c34.CCC(C)Br. The number of hydrogen-bond donors (Lipinski definition) is 0. The highest BCUT2D eigenvalue weighted by molar-refractivity contribution is 9.10. The zero-order chi connectivity index (χ0) is 15.7. The van der Waals surface area contributed by atoms with Gasteiger partial charge in [-0.15, -0.1) is 0 Å². The summed E-state index contributed by atoms with van der Waals surface area (Å²) in [4.78, 5) is 0.697. The van der Waals surface area contributed by atoms with E-state index in [1.54, 1.807) is 0 Å². The number of alkyl halides is 1. The minimum absolute atomic E-state index is 0.697. The van der Waals surface area contributed by atoms with E-state index >= 15 is 0 Å². The molecule has 4 rings (SSSR count). The Morgan fingerprint density at radius 2 is 1.32 bits per heavy atom. The lowest BCUT2D eigenvalue weighted by molar-refractivity contribution is 0.922. The van der Waals surface area contributed by atoms with E-state index in [1.807, 2.05) is 0 Å². The Kier molecular flexibility index (Phi) is 4.70. The maximum Gasteiger partial charge on any atom is 0.0254 e. The molecule has 0 saturated heterocycles. The van der Waals surface area contributed by atoms with E-state index in [1.165, 1.54) is 43.2 Å². The first-order valence-electron chi connectivity index (χ1n) is 7.58. The zero-order valence-electron chi connectivity index (χ0n) is 12.7. The summed E-state index contributed by atoms with van der Waals surface area (Å²) in [6, 6.07) is 19.6. The van der Waals surface area contributed by atoms with E-state index < -0.39 is 0 Å². The molecule has 0 heterocycles.